The Kier molecular flexibility index (Phi) is 3.22. The van der Waals surface area contributed by atoms with Crippen LogP contribution in [-0.4, -0.2) is 33.4 Å². The minimum absolute atomic E-state index is 0.0256. The summed E-state index contributed by atoms with van der Waals surface area (Å²) in [5.41, 5.74) is 0. The largest absolute Gasteiger partial charge is 0.347 e. The summed E-state index contributed by atoms with van der Waals surface area (Å²) in [5.74, 6) is -0.0256. The van der Waals surface area contributed by atoms with Crippen molar-refractivity contribution in [1.82, 2.24) is 5.32 Å². The number of amides is 1. The van der Waals surface area contributed by atoms with Crippen molar-refractivity contribution >= 4 is 16.2 Å². The van der Waals surface area contributed by atoms with Crippen molar-refractivity contribution in [2.24, 2.45) is 0 Å². The number of carbonyl (C=O) groups excluding carboxylic acids is 1. The van der Waals surface area contributed by atoms with Gasteiger partial charge in [0.1, 0.15) is 9.84 Å². The fraction of sp³-hybridized carbons (Fsp3) is 0.750. The Morgan fingerprint density at radius 1 is 1.56 bits per heavy atom. The van der Waals surface area contributed by atoms with E-state index < -0.39 is 9.84 Å². The molecule has 1 radical (unpaired) electrons. The molecule has 1 N–H and O–H groups in total. The molecule has 1 amide bonds. The average molecular weight is 150 g/mol. The normalized spacial score (nSPS) is 10.8. The van der Waals surface area contributed by atoms with Gasteiger partial charge < -0.3 is 5.32 Å². The SMILES string of the molecule is CS(=O)(=O)CCN[C]=O. The first-order chi connectivity index (χ1) is 4.06. The molecule has 0 aliphatic rings. The topological polar surface area (TPSA) is 63.2 Å². The Hall–Kier alpha value is -0.580. The van der Waals surface area contributed by atoms with Crippen molar-refractivity contribution in [2.75, 3.05) is 18.6 Å². The zero-order chi connectivity index (χ0) is 7.33. The number of rotatable bonds is 4. The molecule has 4 nitrogen and oxygen atoms in total. The van der Waals surface area contributed by atoms with Crippen LogP contribution in [0.25, 0.3) is 0 Å². The van der Waals surface area contributed by atoms with Crippen LogP contribution in [0.3, 0.4) is 0 Å². The smallest absolute Gasteiger partial charge is 0.309 e. The van der Waals surface area contributed by atoms with E-state index >= 15 is 0 Å². The van der Waals surface area contributed by atoms with Crippen LogP contribution in [0.2, 0.25) is 0 Å². The molecule has 0 aliphatic carbocycles. The van der Waals surface area contributed by atoms with Gasteiger partial charge in [-0.3, -0.25) is 4.79 Å². The van der Waals surface area contributed by atoms with Crippen molar-refractivity contribution in [3.8, 4) is 0 Å². The maximum Gasteiger partial charge on any atom is 0.309 e. The molecule has 53 valence electrons. The molecule has 5 heteroatoms. The van der Waals surface area contributed by atoms with E-state index in [0.717, 1.165) is 6.26 Å². The molecule has 0 aromatic rings. The summed E-state index contributed by atoms with van der Waals surface area (Å²) in [6, 6.07) is 0. The molecule has 0 saturated heterocycles. The molecule has 0 atom stereocenters. The highest BCUT2D eigenvalue weighted by atomic mass is 32.2. The Morgan fingerprint density at radius 3 is 2.44 bits per heavy atom. The third-order valence-electron chi connectivity index (χ3n) is 0.670. The van der Waals surface area contributed by atoms with Gasteiger partial charge in [0.05, 0.1) is 5.75 Å². The van der Waals surface area contributed by atoms with E-state index in [1.54, 1.807) is 0 Å². The van der Waals surface area contributed by atoms with Gasteiger partial charge in [-0.05, 0) is 0 Å². The van der Waals surface area contributed by atoms with Gasteiger partial charge in [0.15, 0.2) is 0 Å². The van der Waals surface area contributed by atoms with Crippen LogP contribution in [-0.2, 0) is 14.6 Å². The van der Waals surface area contributed by atoms with Crippen molar-refractivity contribution < 1.29 is 13.2 Å². The van der Waals surface area contributed by atoms with E-state index in [2.05, 4.69) is 5.32 Å². The highest BCUT2D eigenvalue weighted by molar-refractivity contribution is 7.90. The molecule has 0 aliphatic heterocycles. The molecule has 9 heavy (non-hydrogen) atoms. The van der Waals surface area contributed by atoms with Gasteiger partial charge in [0.25, 0.3) is 0 Å². The van der Waals surface area contributed by atoms with Crippen molar-refractivity contribution in [1.29, 1.82) is 0 Å². The molecule has 0 aromatic heterocycles. The summed E-state index contributed by atoms with van der Waals surface area (Å²) in [6.45, 7) is 0.141. The number of hydrogen-bond donors (Lipinski definition) is 1. The molecule has 0 unspecified atom stereocenters. The van der Waals surface area contributed by atoms with Crippen LogP contribution in [0.1, 0.15) is 0 Å². The molecule has 0 fully saturated rings. The summed E-state index contributed by atoms with van der Waals surface area (Å²) in [6.07, 6.45) is 2.49. The van der Waals surface area contributed by atoms with E-state index in [0.29, 0.717) is 0 Å². The van der Waals surface area contributed by atoms with Gasteiger partial charge >= 0.3 is 6.41 Å². The highest BCUT2D eigenvalue weighted by Gasteiger charge is 1.98. The van der Waals surface area contributed by atoms with Gasteiger partial charge in [-0.2, -0.15) is 0 Å². The Bertz CT molecular complexity index is 172. The van der Waals surface area contributed by atoms with Crippen LogP contribution in [0, 0.1) is 0 Å². The maximum absolute atomic E-state index is 10.3. The zero-order valence-electron chi connectivity index (χ0n) is 5.05. The second-order valence-corrected chi connectivity index (χ2v) is 3.92. The van der Waals surface area contributed by atoms with Crippen LogP contribution < -0.4 is 5.32 Å². The predicted octanol–water partition coefficient (Wildman–Crippen LogP) is -1.31. The zero-order valence-corrected chi connectivity index (χ0v) is 5.86. The first kappa shape index (κ1) is 8.42. The minimum Gasteiger partial charge on any atom is -0.347 e. The second-order valence-electron chi connectivity index (χ2n) is 1.66. The lowest BCUT2D eigenvalue weighted by atomic mass is 10.8. The molecular weight excluding hydrogens is 142 g/mol. The number of hydrogen-bond acceptors (Lipinski definition) is 3. The van der Waals surface area contributed by atoms with E-state index in [9.17, 15) is 13.2 Å². The standard InChI is InChI=1S/C4H8NO3S/c1-9(7,8)3-2-5-4-6/h2-3H2,1H3,(H,5,6). The van der Waals surface area contributed by atoms with Crippen molar-refractivity contribution in [3.63, 3.8) is 0 Å². The minimum atomic E-state index is -2.94. The Morgan fingerprint density at radius 2 is 2.11 bits per heavy atom. The summed E-state index contributed by atoms with van der Waals surface area (Å²) in [5, 5.41) is 2.12. The Labute approximate surface area is 54.2 Å². The van der Waals surface area contributed by atoms with Gasteiger partial charge in [-0.25, -0.2) is 8.42 Å². The van der Waals surface area contributed by atoms with Crippen LogP contribution in [0.15, 0.2) is 0 Å². The van der Waals surface area contributed by atoms with E-state index in [4.69, 9.17) is 0 Å². The average Bonchev–Trinajstić information content (AvgIpc) is 1.63. The fourth-order valence-electron chi connectivity index (χ4n) is 0.287. The highest BCUT2D eigenvalue weighted by Crippen LogP contribution is 1.77. The third kappa shape index (κ3) is 7.42. The lowest BCUT2D eigenvalue weighted by Gasteiger charge is -1.93. The van der Waals surface area contributed by atoms with Crippen molar-refractivity contribution in [2.45, 2.75) is 0 Å². The van der Waals surface area contributed by atoms with Gasteiger partial charge in [0, 0.05) is 12.8 Å². The van der Waals surface area contributed by atoms with Gasteiger partial charge in [-0.1, -0.05) is 0 Å². The molecule has 0 saturated carbocycles. The summed E-state index contributed by atoms with van der Waals surface area (Å²) in [7, 11) is -2.94. The lowest BCUT2D eigenvalue weighted by molar-refractivity contribution is 0.544. The van der Waals surface area contributed by atoms with E-state index in [-0.39, 0.29) is 12.3 Å². The summed E-state index contributed by atoms with van der Waals surface area (Å²) < 4.78 is 20.7. The van der Waals surface area contributed by atoms with Gasteiger partial charge in [-0.15, -0.1) is 0 Å². The monoisotopic (exact) mass is 150 g/mol. The summed E-state index contributed by atoms with van der Waals surface area (Å²) >= 11 is 0. The first-order valence-corrected chi connectivity index (χ1v) is 4.40. The van der Waals surface area contributed by atoms with E-state index in [1.165, 1.54) is 6.41 Å². The van der Waals surface area contributed by atoms with E-state index in [1.807, 2.05) is 0 Å². The molecule has 0 aromatic carbocycles. The van der Waals surface area contributed by atoms with Crippen LogP contribution in [0.4, 0.5) is 0 Å². The predicted molar refractivity (Wildman–Crippen MR) is 33.4 cm³/mol. The summed E-state index contributed by atoms with van der Waals surface area (Å²) in [4.78, 5) is 9.46. The number of sulfone groups is 1. The third-order valence-corrected chi connectivity index (χ3v) is 1.62. The molecule has 0 rings (SSSR count). The van der Waals surface area contributed by atoms with Crippen molar-refractivity contribution in [3.05, 3.63) is 0 Å². The van der Waals surface area contributed by atoms with Crippen LogP contribution in [0.5, 0.6) is 0 Å². The van der Waals surface area contributed by atoms with Crippen LogP contribution >= 0.6 is 0 Å². The Balaban J connectivity index is 3.40. The maximum atomic E-state index is 10.3. The quantitative estimate of drug-likeness (QED) is 0.399. The molecule has 0 spiro atoms. The van der Waals surface area contributed by atoms with Gasteiger partial charge in [0.2, 0.25) is 0 Å². The fourth-order valence-corrected chi connectivity index (χ4v) is 0.760. The molecule has 0 heterocycles. The first-order valence-electron chi connectivity index (χ1n) is 2.34. The molecular formula is C4H8NO3S. The lowest BCUT2D eigenvalue weighted by Crippen LogP contribution is -2.20. The molecule has 0 bridgehead atoms. The second kappa shape index (κ2) is 3.45. The number of nitrogens with one attached hydrogen (secondary N) is 1.